The lowest BCUT2D eigenvalue weighted by Gasteiger charge is -2.24. The Morgan fingerprint density at radius 3 is 2.37 bits per heavy atom. The van der Waals surface area contributed by atoms with E-state index in [1.807, 2.05) is 54.6 Å². The summed E-state index contributed by atoms with van der Waals surface area (Å²) in [6.07, 6.45) is 0. The van der Waals surface area contributed by atoms with Gasteiger partial charge in [-0.15, -0.1) is 0 Å². The zero-order chi connectivity index (χ0) is 13.5. The van der Waals surface area contributed by atoms with E-state index in [2.05, 4.69) is 11.8 Å². The fourth-order valence-corrected chi connectivity index (χ4v) is 2.01. The van der Waals surface area contributed by atoms with Crippen molar-refractivity contribution in [3.63, 3.8) is 0 Å². The lowest BCUT2D eigenvalue weighted by Crippen LogP contribution is -2.28. The molecular weight excluding hydrogens is 236 g/mol. The molecule has 0 unspecified atom stereocenters. The second-order valence-corrected chi connectivity index (χ2v) is 4.30. The molecule has 3 nitrogen and oxygen atoms in total. The van der Waals surface area contributed by atoms with E-state index >= 15 is 0 Å². The van der Waals surface area contributed by atoms with Crippen LogP contribution in [0.25, 0.3) is 0 Å². The van der Waals surface area contributed by atoms with E-state index in [9.17, 15) is 0 Å². The lowest BCUT2D eigenvalue weighted by atomic mass is 10.2. The molecular formula is C16H20N2O. The Morgan fingerprint density at radius 1 is 1.00 bits per heavy atom. The molecule has 0 bridgehead atoms. The summed E-state index contributed by atoms with van der Waals surface area (Å²) >= 11 is 0. The molecule has 0 radical (unpaired) electrons. The molecule has 0 aliphatic heterocycles. The van der Waals surface area contributed by atoms with Crippen LogP contribution in [0.5, 0.6) is 5.75 Å². The smallest absolute Gasteiger partial charge is 0.119 e. The van der Waals surface area contributed by atoms with Crippen molar-refractivity contribution in [2.45, 2.75) is 6.92 Å². The molecule has 3 heteroatoms. The number of ether oxygens (including phenoxy) is 1. The maximum Gasteiger partial charge on any atom is 0.119 e. The number of benzene rings is 2. The van der Waals surface area contributed by atoms with Crippen LogP contribution in [0.4, 0.5) is 11.4 Å². The van der Waals surface area contributed by atoms with Gasteiger partial charge < -0.3 is 15.4 Å². The Morgan fingerprint density at radius 2 is 1.68 bits per heavy atom. The van der Waals surface area contributed by atoms with Crippen LogP contribution in [0.3, 0.4) is 0 Å². The molecule has 0 aromatic heterocycles. The fraction of sp³-hybridized carbons (Fsp3) is 0.250. The summed E-state index contributed by atoms with van der Waals surface area (Å²) in [4.78, 5) is 2.22. The van der Waals surface area contributed by atoms with Gasteiger partial charge in [-0.1, -0.05) is 30.3 Å². The van der Waals surface area contributed by atoms with E-state index in [0.717, 1.165) is 30.2 Å². The van der Waals surface area contributed by atoms with Gasteiger partial charge in [-0.25, -0.2) is 0 Å². The molecule has 100 valence electrons. The SMILES string of the molecule is CCN(CCOc1ccccc1)c1ccccc1N. The predicted octanol–water partition coefficient (Wildman–Crippen LogP) is 3.17. The Labute approximate surface area is 114 Å². The van der Waals surface area contributed by atoms with Gasteiger partial charge in [0.1, 0.15) is 12.4 Å². The molecule has 2 N–H and O–H groups in total. The minimum Gasteiger partial charge on any atom is -0.492 e. The Hall–Kier alpha value is -2.16. The molecule has 2 aromatic rings. The van der Waals surface area contributed by atoms with Crippen molar-refractivity contribution in [1.29, 1.82) is 0 Å². The Kier molecular flexibility index (Phi) is 4.67. The number of nitrogen functional groups attached to an aromatic ring is 1. The van der Waals surface area contributed by atoms with Gasteiger partial charge in [0.2, 0.25) is 0 Å². The number of hydrogen-bond acceptors (Lipinski definition) is 3. The number of likely N-dealkylation sites (N-methyl/N-ethyl adjacent to an activating group) is 1. The van der Waals surface area contributed by atoms with E-state index < -0.39 is 0 Å². The number of nitrogens with two attached hydrogens (primary N) is 1. The van der Waals surface area contributed by atoms with Crippen LogP contribution in [0.2, 0.25) is 0 Å². The molecule has 0 aliphatic rings. The van der Waals surface area contributed by atoms with Gasteiger partial charge >= 0.3 is 0 Å². The van der Waals surface area contributed by atoms with E-state index in [4.69, 9.17) is 10.5 Å². The summed E-state index contributed by atoms with van der Waals surface area (Å²) < 4.78 is 5.72. The van der Waals surface area contributed by atoms with Crippen LogP contribution >= 0.6 is 0 Å². The maximum atomic E-state index is 6.00. The van der Waals surface area contributed by atoms with Crippen LogP contribution in [0, 0.1) is 0 Å². The highest BCUT2D eigenvalue weighted by Gasteiger charge is 2.07. The lowest BCUT2D eigenvalue weighted by molar-refractivity contribution is 0.324. The highest BCUT2D eigenvalue weighted by atomic mass is 16.5. The third kappa shape index (κ3) is 3.65. The van der Waals surface area contributed by atoms with Crippen molar-refractivity contribution >= 4 is 11.4 Å². The fourth-order valence-electron chi connectivity index (χ4n) is 2.01. The van der Waals surface area contributed by atoms with Gasteiger partial charge in [-0.2, -0.15) is 0 Å². The average Bonchev–Trinajstić information content (AvgIpc) is 2.46. The average molecular weight is 256 g/mol. The van der Waals surface area contributed by atoms with E-state index in [1.165, 1.54) is 0 Å². The molecule has 0 heterocycles. The first-order valence-corrected chi connectivity index (χ1v) is 6.58. The standard InChI is InChI=1S/C16H20N2O/c1-2-18(16-11-7-6-10-15(16)17)12-13-19-14-8-4-3-5-9-14/h3-11H,2,12-13,17H2,1H3. The van der Waals surface area contributed by atoms with Gasteiger partial charge in [0, 0.05) is 6.54 Å². The van der Waals surface area contributed by atoms with Gasteiger partial charge in [0.05, 0.1) is 17.9 Å². The van der Waals surface area contributed by atoms with Gasteiger partial charge in [-0.3, -0.25) is 0 Å². The van der Waals surface area contributed by atoms with Gasteiger partial charge in [-0.05, 0) is 31.2 Å². The number of nitrogens with zero attached hydrogens (tertiary/aromatic N) is 1. The van der Waals surface area contributed by atoms with Crippen molar-refractivity contribution in [3.05, 3.63) is 54.6 Å². The minimum absolute atomic E-state index is 0.645. The summed E-state index contributed by atoms with van der Waals surface area (Å²) in [5.41, 5.74) is 7.88. The monoisotopic (exact) mass is 256 g/mol. The maximum absolute atomic E-state index is 6.00. The van der Waals surface area contributed by atoms with E-state index in [-0.39, 0.29) is 0 Å². The number of rotatable bonds is 6. The second kappa shape index (κ2) is 6.69. The van der Waals surface area contributed by atoms with Crippen LogP contribution in [0.15, 0.2) is 54.6 Å². The highest BCUT2D eigenvalue weighted by Crippen LogP contribution is 2.21. The zero-order valence-electron chi connectivity index (χ0n) is 11.3. The van der Waals surface area contributed by atoms with Crippen molar-refractivity contribution < 1.29 is 4.74 Å². The van der Waals surface area contributed by atoms with Crippen molar-refractivity contribution in [2.24, 2.45) is 0 Å². The molecule has 0 saturated carbocycles. The minimum atomic E-state index is 0.645. The summed E-state index contributed by atoms with van der Waals surface area (Å²) in [5.74, 6) is 0.902. The first-order valence-electron chi connectivity index (χ1n) is 6.58. The largest absolute Gasteiger partial charge is 0.492 e. The molecule has 2 aromatic carbocycles. The van der Waals surface area contributed by atoms with Crippen LogP contribution in [-0.4, -0.2) is 19.7 Å². The number of hydrogen-bond donors (Lipinski definition) is 1. The van der Waals surface area contributed by atoms with E-state index in [0.29, 0.717) is 6.61 Å². The van der Waals surface area contributed by atoms with Crippen molar-refractivity contribution in [2.75, 3.05) is 30.3 Å². The van der Waals surface area contributed by atoms with Crippen LogP contribution < -0.4 is 15.4 Å². The predicted molar refractivity (Wildman–Crippen MR) is 80.7 cm³/mol. The topological polar surface area (TPSA) is 38.5 Å². The molecule has 19 heavy (non-hydrogen) atoms. The molecule has 0 atom stereocenters. The quantitative estimate of drug-likeness (QED) is 0.807. The molecule has 0 amide bonds. The molecule has 0 saturated heterocycles. The van der Waals surface area contributed by atoms with Gasteiger partial charge in [0.25, 0.3) is 0 Å². The highest BCUT2D eigenvalue weighted by molar-refractivity contribution is 5.67. The molecule has 2 rings (SSSR count). The van der Waals surface area contributed by atoms with Crippen LogP contribution in [-0.2, 0) is 0 Å². The third-order valence-corrected chi connectivity index (χ3v) is 3.03. The third-order valence-electron chi connectivity index (χ3n) is 3.03. The van der Waals surface area contributed by atoms with Crippen molar-refractivity contribution in [3.8, 4) is 5.75 Å². The molecule has 0 aliphatic carbocycles. The number of anilines is 2. The van der Waals surface area contributed by atoms with E-state index in [1.54, 1.807) is 0 Å². The first kappa shape index (κ1) is 13.3. The van der Waals surface area contributed by atoms with Crippen LogP contribution in [0.1, 0.15) is 6.92 Å². The summed E-state index contributed by atoms with van der Waals surface area (Å²) in [6.45, 7) is 4.49. The van der Waals surface area contributed by atoms with Crippen molar-refractivity contribution in [1.82, 2.24) is 0 Å². The summed E-state index contributed by atoms with van der Waals surface area (Å²) in [6, 6.07) is 17.8. The summed E-state index contributed by atoms with van der Waals surface area (Å²) in [7, 11) is 0. The second-order valence-electron chi connectivity index (χ2n) is 4.30. The first-order chi connectivity index (χ1) is 9.31. The summed E-state index contributed by atoms with van der Waals surface area (Å²) in [5, 5.41) is 0. The number of para-hydroxylation sites is 3. The Bertz CT molecular complexity index is 499. The normalized spacial score (nSPS) is 10.2. The zero-order valence-corrected chi connectivity index (χ0v) is 11.3. The molecule has 0 fully saturated rings. The Balaban J connectivity index is 1.92. The molecule has 0 spiro atoms. The van der Waals surface area contributed by atoms with Gasteiger partial charge in [0.15, 0.2) is 0 Å².